The third-order valence-electron chi connectivity index (χ3n) is 6.54. The molecule has 0 atom stereocenters. The SMILES string of the molecule is C/C=C/C1CCC(C2CCC(c3ccc(OCC)c(Cl)c3F)CC2)CC1. The van der Waals surface area contributed by atoms with Gasteiger partial charge < -0.3 is 4.74 Å². The van der Waals surface area contributed by atoms with Crippen molar-refractivity contribution in [2.75, 3.05) is 6.61 Å². The van der Waals surface area contributed by atoms with E-state index in [2.05, 4.69) is 19.1 Å². The van der Waals surface area contributed by atoms with Gasteiger partial charge in [-0.3, -0.25) is 0 Å². The first kappa shape index (κ1) is 19.7. The van der Waals surface area contributed by atoms with Crippen LogP contribution in [0.15, 0.2) is 24.3 Å². The highest BCUT2D eigenvalue weighted by molar-refractivity contribution is 6.32. The van der Waals surface area contributed by atoms with E-state index in [0.29, 0.717) is 18.3 Å². The van der Waals surface area contributed by atoms with Crippen molar-refractivity contribution < 1.29 is 9.13 Å². The van der Waals surface area contributed by atoms with Gasteiger partial charge in [0.15, 0.2) is 0 Å². The molecule has 0 unspecified atom stereocenters. The molecule has 0 N–H and O–H groups in total. The molecule has 2 aliphatic carbocycles. The van der Waals surface area contributed by atoms with Crippen molar-refractivity contribution in [3.8, 4) is 5.75 Å². The van der Waals surface area contributed by atoms with E-state index in [4.69, 9.17) is 16.3 Å². The average molecular weight is 379 g/mol. The second-order valence-corrected chi connectivity index (χ2v) is 8.40. The molecule has 1 aromatic carbocycles. The molecule has 1 nitrogen and oxygen atoms in total. The largest absolute Gasteiger partial charge is 0.492 e. The van der Waals surface area contributed by atoms with E-state index in [0.717, 1.165) is 36.2 Å². The minimum Gasteiger partial charge on any atom is -0.492 e. The van der Waals surface area contributed by atoms with Crippen molar-refractivity contribution in [2.45, 2.75) is 71.1 Å². The number of hydrogen-bond donors (Lipinski definition) is 0. The monoisotopic (exact) mass is 378 g/mol. The summed E-state index contributed by atoms with van der Waals surface area (Å²) in [5, 5.41) is 0.147. The smallest absolute Gasteiger partial charge is 0.149 e. The highest BCUT2D eigenvalue weighted by atomic mass is 35.5. The lowest BCUT2D eigenvalue weighted by atomic mass is 9.68. The van der Waals surface area contributed by atoms with Crippen LogP contribution in [0.3, 0.4) is 0 Å². The number of benzene rings is 1. The maximum atomic E-state index is 14.7. The zero-order chi connectivity index (χ0) is 18.5. The molecule has 1 aromatic rings. The number of hydrogen-bond acceptors (Lipinski definition) is 1. The average Bonchev–Trinajstić information content (AvgIpc) is 2.67. The summed E-state index contributed by atoms with van der Waals surface area (Å²) >= 11 is 6.18. The van der Waals surface area contributed by atoms with Crippen LogP contribution in [-0.2, 0) is 0 Å². The van der Waals surface area contributed by atoms with E-state index in [9.17, 15) is 4.39 Å². The standard InChI is InChI=1S/C23H32ClFO/c1-3-5-16-6-8-17(9-7-16)18-10-12-19(13-11-18)20-14-15-21(26-4-2)22(24)23(20)25/h3,5,14-19H,4,6-13H2,1-2H3/b5-3+. The van der Waals surface area contributed by atoms with Crippen LogP contribution in [0.4, 0.5) is 4.39 Å². The van der Waals surface area contributed by atoms with Gasteiger partial charge in [0.25, 0.3) is 0 Å². The number of halogens is 2. The van der Waals surface area contributed by atoms with Gasteiger partial charge in [0.2, 0.25) is 0 Å². The van der Waals surface area contributed by atoms with Crippen LogP contribution in [0.1, 0.15) is 76.7 Å². The predicted octanol–water partition coefficient (Wildman–Crippen LogP) is 7.53. The first-order valence-corrected chi connectivity index (χ1v) is 10.7. The molecule has 2 saturated carbocycles. The molecular formula is C23H32ClFO. The molecule has 26 heavy (non-hydrogen) atoms. The summed E-state index contributed by atoms with van der Waals surface area (Å²) in [6.07, 6.45) is 14.6. The lowest BCUT2D eigenvalue weighted by molar-refractivity contribution is 0.171. The van der Waals surface area contributed by atoms with Crippen LogP contribution in [-0.4, -0.2) is 6.61 Å². The van der Waals surface area contributed by atoms with Gasteiger partial charge in [-0.05, 0) is 101 Å². The zero-order valence-electron chi connectivity index (χ0n) is 16.1. The van der Waals surface area contributed by atoms with E-state index in [-0.39, 0.29) is 10.8 Å². The van der Waals surface area contributed by atoms with Crippen LogP contribution in [0.25, 0.3) is 0 Å². The molecule has 144 valence electrons. The van der Waals surface area contributed by atoms with Crippen molar-refractivity contribution in [2.24, 2.45) is 17.8 Å². The minimum atomic E-state index is -0.270. The highest BCUT2D eigenvalue weighted by Crippen LogP contribution is 2.45. The molecule has 0 aromatic heterocycles. The van der Waals surface area contributed by atoms with E-state index in [1.165, 1.54) is 38.5 Å². The van der Waals surface area contributed by atoms with Crippen LogP contribution in [0.2, 0.25) is 5.02 Å². The van der Waals surface area contributed by atoms with Crippen molar-refractivity contribution in [3.63, 3.8) is 0 Å². The maximum Gasteiger partial charge on any atom is 0.149 e. The Bertz CT molecular complexity index is 611. The Morgan fingerprint density at radius 2 is 1.65 bits per heavy atom. The molecule has 0 bridgehead atoms. The summed E-state index contributed by atoms with van der Waals surface area (Å²) in [7, 11) is 0. The molecule has 2 aliphatic rings. The Hall–Kier alpha value is -1.02. The summed E-state index contributed by atoms with van der Waals surface area (Å²) in [6.45, 7) is 4.51. The molecule has 0 heterocycles. The Balaban J connectivity index is 1.57. The van der Waals surface area contributed by atoms with Crippen molar-refractivity contribution in [3.05, 3.63) is 40.7 Å². The molecule has 3 heteroatoms. The van der Waals surface area contributed by atoms with Gasteiger partial charge in [-0.1, -0.05) is 29.8 Å². The van der Waals surface area contributed by atoms with Gasteiger partial charge in [0.1, 0.15) is 16.6 Å². The van der Waals surface area contributed by atoms with Gasteiger partial charge in [-0.15, -0.1) is 0 Å². The topological polar surface area (TPSA) is 9.23 Å². The van der Waals surface area contributed by atoms with Gasteiger partial charge in [-0.25, -0.2) is 4.39 Å². The van der Waals surface area contributed by atoms with Gasteiger partial charge in [0, 0.05) is 0 Å². The summed E-state index contributed by atoms with van der Waals surface area (Å²) in [5.41, 5.74) is 0.786. The Morgan fingerprint density at radius 3 is 2.23 bits per heavy atom. The van der Waals surface area contributed by atoms with Gasteiger partial charge in [-0.2, -0.15) is 0 Å². The molecular weight excluding hydrogens is 347 g/mol. The van der Waals surface area contributed by atoms with E-state index in [1.54, 1.807) is 0 Å². The fraction of sp³-hybridized carbons (Fsp3) is 0.652. The Labute approximate surface area is 163 Å². The molecule has 0 radical (unpaired) electrons. The third-order valence-corrected chi connectivity index (χ3v) is 6.89. The maximum absolute atomic E-state index is 14.7. The first-order chi connectivity index (χ1) is 12.6. The van der Waals surface area contributed by atoms with Crippen molar-refractivity contribution in [1.29, 1.82) is 0 Å². The van der Waals surface area contributed by atoms with Crippen LogP contribution in [0, 0.1) is 23.6 Å². The molecule has 0 saturated heterocycles. The van der Waals surface area contributed by atoms with Crippen LogP contribution in [0.5, 0.6) is 5.75 Å². The molecule has 0 amide bonds. The highest BCUT2D eigenvalue weighted by Gasteiger charge is 2.32. The fourth-order valence-electron chi connectivity index (χ4n) is 5.11. The molecule has 3 rings (SSSR count). The molecule has 0 spiro atoms. The number of ether oxygens (including phenoxy) is 1. The van der Waals surface area contributed by atoms with Crippen molar-refractivity contribution in [1.82, 2.24) is 0 Å². The lowest BCUT2D eigenvalue weighted by Crippen LogP contribution is -2.25. The fourth-order valence-corrected chi connectivity index (χ4v) is 5.34. The second kappa shape index (κ2) is 9.26. The summed E-state index contributed by atoms with van der Waals surface area (Å²) in [6, 6.07) is 3.72. The van der Waals surface area contributed by atoms with E-state index >= 15 is 0 Å². The third kappa shape index (κ3) is 4.44. The summed E-state index contributed by atoms with van der Waals surface area (Å²) in [4.78, 5) is 0. The molecule has 0 aliphatic heterocycles. The normalized spacial score (nSPS) is 29.8. The number of rotatable bonds is 5. The zero-order valence-corrected chi connectivity index (χ0v) is 16.9. The van der Waals surface area contributed by atoms with Gasteiger partial charge >= 0.3 is 0 Å². The quantitative estimate of drug-likeness (QED) is 0.481. The Morgan fingerprint density at radius 1 is 1.04 bits per heavy atom. The van der Waals surface area contributed by atoms with E-state index < -0.39 is 0 Å². The van der Waals surface area contributed by atoms with Gasteiger partial charge in [0.05, 0.1) is 6.61 Å². The lowest BCUT2D eigenvalue weighted by Gasteiger charge is -2.37. The number of allylic oxidation sites excluding steroid dienone is 2. The minimum absolute atomic E-state index is 0.147. The first-order valence-electron chi connectivity index (χ1n) is 10.4. The summed E-state index contributed by atoms with van der Waals surface area (Å²) in [5.74, 6) is 3.01. The Kier molecular flexibility index (Phi) is 7.03. The van der Waals surface area contributed by atoms with Crippen LogP contribution < -0.4 is 4.74 Å². The molecule has 2 fully saturated rings. The predicted molar refractivity (Wildman–Crippen MR) is 108 cm³/mol. The van der Waals surface area contributed by atoms with Crippen LogP contribution >= 0.6 is 11.6 Å². The van der Waals surface area contributed by atoms with E-state index in [1.807, 2.05) is 19.1 Å². The summed E-state index contributed by atoms with van der Waals surface area (Å²) < 4.78 is 20.1. The van der Waals surface area contributed by atoms with Crippen molar-refractivity contribution >= 4 is 11.6 Å². The second-order valence-electron chi connectivity index (χ2n) is 8.03.